The van der Waals surface area contributed by atoms with Gasteiger partial charge in [0.2, 0.25) is 0 Å². The molecule has 3 heterocycles. The average Bonchev–Trinajstić information content (AvgIpc) is 2.99. The summed E-state index contributed by atoms with van der Waals surface area (Å²) in [6.45, 7) is 0.137. The highest BCUT2D eigenvalue weighted by molar-refractivity contribution is 8.41. The van der Waals surface area contributed by atoms with Crippen molar-refractivity contribution in [3.8, 4) is 0 Å². The van der Waals surface area contributed by atoms with E-state index in [1.54, 1.807) is 24.5 Å². The van der Waals surface area contributed by atoms with Crippen LogP contribution in [-0.4, -0.2) is 55.6 Å². The zero-order chi connectivity index (χ0) is 21.8. The van der Waals surface area contributed by atoms with Crippen LogP contribution in [0.25, 0.3) is 0 Å². The molecule has 30 heavy (non-hydrogen) atoms. The van der Waals surface area contributed by atoms with Crippen LogP contribution in [0.1, 0.15) is 22.1 Å². The number of hydrogen-bond donors (Lipinski definition) is 4. The fourth-order valence-corrected chi connectivity index (χ4v) is 3.71. The average molecular weight is 474 g/mol. The molecule has 1 saturated heterocycles. The third-order valence-electron chi connectivity index (χ3n) is 4.41. The number of pyridine rings is 1. The number of hydrogen-bond acceptors (Lipinski definition) is 8. The van der Waals surface area contributed by atoms with Gasteiger partial charge in [-0.05, 0) is 17.7 Å². The number of aromatic amines is 1. The smallest absolute Gasteiger partial charge is 0.330 e. The zero-order valence-electron chi connectivity index (χ0n) is 15.5. The summed E-state index contributed by atoms with van der Waals surface area (Å²) >= 11 is 0. The van der Waals surface area contributed by atoms with Crippen LogP contribution in [0.2, 0.25) is 0 Å². The van der Waals surface area contributed by atoms with Crippen molar-refractivity contribution in [2.24, 2.45) is 0 Å². The predicted octanol–water partition coefficient (Wildman–Crippen LogP) is -0.526. The van der Waals surface area contributed by atoms with Gasteiger partial charge in [0.25, 0.3) is 11.5 Å². The molecule has 0 aromatic carbocycles. The second-order valence-electron chi connectivity index (χ2n) is 6.45. The van der Waals surface area contributed by atoms with Crippen LogP contribution in [0, 0.1) is 0 Å². The molecule has 1 amide bonds. The van der Waals surface area contributed by atoms with Gasteiger partial charge in [-0.15, -0.1) is 0 Å². The van der Waals surface area contributed by atoms with E-state index in [2.05, 4.69) is 28.2 Å². The molecule has 14 heteroatoms. The van der Waals surface area contributed by atoms with E-state index < -0.39 is 49.2 Å². The Morgan fingerprint density at radius 1 is 1.30 bits per heavy atom. The standard InChI is InChI=1S/C16H21N4O7P3/c21-11-10(7-26-30(28)29)27-15(12(11)22)20-6-9(14(24)19-16(20)25)13(23)18-5-8-1-3-17-4-2-8/h1-4,6,10-12,15,21-22H,5,7,28-29H2,(H,18,23)(H,19,24,25)/t10-,11-,12-,15-/m1/s1. The molecule has 0 radical (unpaired) electrons. The Labute approximate surface area is 176 Å². The Hall–Kier alpha value is -1.57. The second-order valence-corrected chi connectivity index (χ2v) is 12.3. The first-order valence-corrected chi connectivity index (χ1v) is 13.2. The molecule has 3 rings (SSSR count). The second kappa shape index (κ2) is 10.2. The van der Waals surface area contributed by atoms with E-state index in [-0.39, 0.29) is 18.7 Å². The van der Waals surface area contributed by atoms with E-state index in [1.807, 2.05) is 4.98 Å². The Bertz CT molecular complexity index is 1000. The Morgan fingerprint density at radius 3 is 2.67 bits per heavy atom. The third kappa shape index (κ3) is 5.37. The number of carbonyl (C=O) groups excluding carboxylic acids is 1. The summed E-state index contributed by atoms with van der Waals surface area (Å²) in [6.07, 6.45) is -0.833. The summed E-state index contributed by atoms with van der Waals surface area (Å²) in [4.78, 5) is 42.8. The minimum atomic E-state index is -1.46. The zero-order valence-corrected chi connectivity index (χ0v) is 18.7. The molecule has 11 nitrogen and oxygen atoms in total. The quantitative estimate of drug-likeness (QED) is 0.391. The van der Waals surface area contributed by atoms with Crippen LogP contribution >= 0.6 is 25.4 Å². The van der Waals surface area contributed by atoms with Crippen molar-refractivity contribution in [3.05, 3.63) is 62.7 Å². The number of H-pyrrole nitrogens is 1. The van der Waals surface area contributed by atoms with Crippen LogP contribution in [0.3, 0.4) is 0 Å². The number of nitrogens with zero attached hydrogens (tertiary/aromatic N) is 2. The maximum atomic E-state index is 12.5. The summed E-state index contributed by atoms with van der Waals surface area (Å²) in [5.74, 6) is -0.716. The molecular formula is C16H21N4O7P3. The topological polar surface area (TPSA) is 156 Å². The van der Waals surface area contributed by atoms with E-state index >= 15 is 0 Å². The van der Waals surface area contributed by atoms with Crippen LogP contribution in [0.15, 0.2) is 40.3 Å². The summed E-state index contributed by atoms with van der Waals surface area (Å²) in [5.41, 5.74) is -1.34. The van der Waals surface area contributed by atoms with Gasteiger partial charge in [0.1, 0.15) is 23.9 Å². The third-order valence-corrected chi connectivity index (χ3v) is 5.76. The molecule has 2 unspecified atom stereocenters. The number of ether oxygens (including phenoxy) is 1. The first kappa shape index (κ1) is 23.1. The summed E-state index contributed by atoms with van der Waals surface area (Å²) in [5, 5.41) is 23.1. The SMILES string of the molecule is O=C(NCc1ccncc1)c1cn([C@@H]2O[C@H](COP(P)P)[C@@H](O)[C@H]2O)c(=O)[nH]c1=O. The van der Waals surface area contributed by atoms with Gasteiger partial charge in [0.15, 0.2) is 6.23 Å². The van der Waals surface area contributed by atoms with Crippen LogP contribution < -0.4 is 16.6 Å². The van der Waals surface area contributed by atoms with E-state index in [0.717, 1.165) is 16.3 Å². The Morgan fingerprint density at radius 2 is 2.00 bits per heavy atom. The maximum absolute atomic E-state index is 12.5. The molecule has 1 aliphatic rings. The summed E-state index contributed by atoms with van der Waals surface area (Å²) in [7, 11) is 4.02. The van der Waals surface area contributed by atoms with E-state index in [0.29, 0.717) is 0 Å². The lowest BCUT2D eigenvalue weighted by atomic mass is 10.1. The number of rotatable bonds is 7. The first-order valence-electron chi connectivity index (χ1n) is 8.74. The highest BCUT2D eigenvalue weighted by atomic mass is 32.4. The van der Waals surface area contributed by atoms with Gasteiger partial charge in [-0.25, -0.2) is 4.79 Å². The lowest BCUT2D eigenvalue weighted by Crippen LogP contribution is -2.41. The number of aromatic nitrogens is 3. The van der Waals surface area contributed by atoms with Crippen LogP contribution in [0.5, 0.6) is 0 Å². The first-order chi connectivity index (χ1) is 14.3. The van der Waals surface area contributed by atoms with E-state index in [1.165, 1.54) is 0 Å². The molecule has 0 saturated carbocycles. The predicted molar refractivity (Wildman–Crippen MR) is 115 cm³/mol. The van der Waals surface area contributed by atoms with Gasteiger partial charge in [0.05, 0.1) is 14.1 Å². The van der Waals surface area contributed by atoms with E-state index in [4.69, 9.17) is 9.26 Å². The number of carbonyl (C=O) groups is 1. The number of amides is 1. The van der Waals surface area contributed by atoms with Gasteiger partial charge in [-0.1, -0.05) is 17.9 Å². The van der Waals surface area contributed by atoms with Crippen molar-refractivity contribution in [3.63, 3.8) is 0 Å². The molecule has 1 aliphatic heterocycles. The molecule has 0 spiro atoms. The minimum absolute atomic E-state index is 0.00912. The van der Waals surface area contributed by atoms with Crippen molar-refractivity contribution in [2.45, 2.75) is 31.1 Å². The molecule has 2 aromatic heterocycles. The Balaban J connectivity index is 1.80. The highest BCUT2D eigenvalue weighted by Gasteiger charge is 2.44. The minimum Gasteiger partial charge on any atom is -0.387 e. The maximum Gasteiger partial charge on any atom is 0.330 e. The van der Waals surface area contributed by atoms with Crippen molar-refractivity contribution < 1.29 is 24.3 Å². The monoisotopic (exact) mass is 474 g/mol. The number of aliphatic hydroxyl groups is 2. The molecule has 0 aliphatic carbocycles. The van der Waals surface area contributed by atoms with Gasteiger partial charge in [0, 0.05) is 25.1 Å². The Kier molecular flexibility index (Phi) is 7.82. The van der Waals surface area contributed by atoms with Crippen LogP contribution in [-0.2, 0) is 15.8 Å². The van der Waals surface area contributed by atoms with Crippen molar-refractivity contribution >= 4 is 31.3 Å². The van der Waals surface area contributed by atoms with Crippen LogP contribution in [0.4, 0.5) is 0 Å². The number of nitrogens with one attached hydrogen (secondary N) is 2. The molecular weight excluding hydrogens is 453 g/mol. The summed E-state index contributed by atoms with van der Waals surface area (Å²) < 4.78 is 11.8. The van der Waals surface area contributed by atoms with Crippen molar-refractivity contribution in [2.75, 3.05) is 6.61 Å². The lowest BCUT2D eigenvalue weighted by Gasteiger charge is -2.18. The fourth-order valence-electron chi connectivity index (χ4n) is 2.87. The molecule has 4 N–H and O–H groups in total. The van der Waals surface area contributed by atoms with Gasteiger partial charge >= 0.3 is 5.69 Å². The van der Waals surface area contributed by atoms with Gasteiger partial charge < -0.3 is 24.8 Å². The van der Waals surface area contributed by atoms with E-state index in [9.17, 15) is 24.6 Å². The molecule has 1 fully saturated rings. The molecule has 162 valence electrons. The molecule has 2 aromatic rings. The lowest BCUT2D eigenvalue weighted by molar-refractivity contribution is -0.0501. The fraction of sp³-hybridized carbons (Fsp3) is 0.375. The highest BCUT2D eigenvalue weighted by Crippen LogP contribution is 2.53. The largest absolute Gasteiger partial charge is 0.387 e. The number of aliphatic hydroxyl groups excluding tert-OH is 2. The van der Waals surface area contributed by atoms with Gasteiger partial charge in [-0.2, -0.15) is 0 Å². The molecule has 0 bridgehead atoms. The summed E-state index contributed by atoms with van der Waals surface area (Å²) in [6, 6.07) is 3.40. The van der Waals surface area contributed by atoms with Gasteiger partial charge in [-0.3, -0.25) is 24.1 Å². The van der Waals surface area contributed by atoms with Crippen molar-refractivity contribution in [1.82, 2.24) is 19.9 Å². The molecule has 6 atom stereocenters. The normalized spacial score (nSPS) is 23.6. The van der Waals surface area contributed by atoms with Crippen molar-refractivity contribution in [1.29, 1.82) is 0 Å².